The molecule has 3 aliphatic carbocycles. The lowest BCUT2D eigenvalue weighted by atomic mass is 9.58. The first-order valence-electron chi connectivity index (χ1n) is 13.6. The first kappa shape index (κ1) is 24.3. The number of carbonyl (C=O) groups is 1. The SMILES string of the molecule is O=C(Oc1ccc(S(=O)(=O)O)c2ccccc12)C1CC2c3cc4ccccc4cc3C1c1cc3ccccc3cc12. The Morgan fingerprint density at radius 1 is 0.659 bits per heavy atom. The van der Waals surface area contributed by atoms with Gasteiger partial charge >= 0.3 is 5.97 Å². The molecule has 1 atom stereocenters. The molecule has 5 nitrogen and oxygen atoms in total. The van der Waals surface area contributed by atoms with E-state index in [2.05, 4.69) is 60.7 Å². The van der Waals surface area contributed by atoms with E-state index < -0.39 is 16.0 Å². The van der Waals surface area contributed by atoms with Crippen molar-refractivity contribution < 1.29 is 22.5 Å². The third-order valence-electron chi connectivity index (χ3n) is 8.85. The molecule has 0 amide bonds. The van der Waals surface area contributed by atoms with Crippen molar-refractivity contribution in [3.05, 3.63) is 131 Å². The molecule has 1 unspecified atom stereocenters. The van der Waals surface area contributed by atoms with Crippen LogP contribution in [0.25, 0.3) is 32.3 Å². The van der Waals surface area contributed by atoms with Gasteiger partial charge in [0, 0.05) is 22.6 Å². The normalized spacial score (nSPS) is 19.3. The van der Waals surface area contributed by atoms with E-state index in [0.29, 0.717) is 17.2 Å². The van der Waals surface area contributed by atoms with Crippen molar-refractivity contribution in [3.8, 4) is 5.75 Å². The van der Waals surface area contributed by atoms with Crippen LogP contribution in [0.2, 0.25) is 0 Å². The van der Waals surface area contributed by atoms with Gasteiger partial charge in [0.15, 0.2) is 0 Å². The zero-order chi connectivity index (χ0) is 27.9. The second-order valence-electron chi connectivity index (χ2n) is 11.0. The number of esters is 1. The Morgan fingerprint density at radius 2 is 1.15 bits per heavy atom. The molecule has 0 aliphatic heterocycles. The molecule has 41 heavy (non-hydrogen) atoms. The summed E-state index contributed by atoms with van der Waals surface area (Å²) < 4.78 is 39.8. The van der Waals surface area contributed by atoms with Crippen LogP contribution in [0.3, 0.4) is 0 Å². The first-order chi connectivity index (χ1) is 19.9. The van der Waals surface area contributed by atoms with Crippen molar-refractivity contribution in [2.24, 2.45) is 5.92 Å². The molecule has 6 heteroatoms. The van der Waals surface area contributed by atoms with Crippen LogP contribution in [0, 0.1) is 5.92 Å². The Labute approximate surface area is 236 Å². The third-order valence-corrected chi connectivity index (χ3v) is 9.76. The van der Waals surface area contributed by atoms with Crippen molar-refractivity contribution in [2.75, 3.05) is 0 Å². The summed E-state index contributed by atoms with van der Waals surface area (Å²) in [5.41, 5.74) is 4.86. The van der Waals surface area contributed by atoms with E-state index in [1.807, 2.05) is 12.1 Å². The minimum atomic E-state index is -4.45. The molecule has 6 aromatic carbocycles. The Balaban J connectivity index is 1.27. The zero-order valence-electron chi connectivity index (χ0n) is 21.8. The fourth-order valence-corrected chi connectivity index (χ4v) is 7.78. The molecule has 0 radical (unpaired) electrons. The second-order valence-corrected chi connectivity index (χ2v) is 12.4. The molecule has 0 saturated carbocycles. The number of hydrogen-bond acceptors (Lipinski definition) is 4. The minimum absolute atomic E-state index is 0.0513. The molecule has 0 spiro atoms. The predicted molar refractivity (Wildman–Crippen MR) is 159 cm³/mol. The number of carbonyl (C=O) groups excluding carboxylic acids is 1. The number of fused-ring (bicyclic) bond motifs is 4. The van der Waals surface area contributed by atoms with Crippen LogP contribution in [-0.2, 0) is 14.9 Å². The Bertz CT molecular complexity index is 2100. The molecule has 0 heterocycles. The minimum Gasteiger partial charge on any atom is -0.426 e. The van der Waals surface area contributed by atoms with Gasteiger partial charge in [-0.3, -0.25) is 9.35 Å². The van der Waals surface area contributed by atoms with E-state index in [4.69, 9.17) is 4.74 Å². The van der Waals surface area contributed by atoms with E-state index in [9.17, 15) is 17.8 Å². The highest BCUT2D eigenvalue weighted by atomic mass is 32.2. The maximum atomic E-state index is 14.0. The maximum absolute atomic E-state index is 14.0. The van der Waals surface area contributed by atoms with Crippen LogP contribution in [0.4, 0.5) is 0 Å². The van der Waals surface area contributed by atoms with Gasteiger partial charge in [-0.05, 0) is 62.4 Å². The van der Waals surface area contributed by atoms with E-state index in [-0.39, 0.29) is 28.5 Å². The monoisotopic (exact) mass is 556 g/mol. The molecule has 2 bridgehead atoms. The summed E-state index contributed by atoms with van der Waals surface area (Å²) in [6.07, 6.45) is 0.626. The largest absolute Gasteiger partial charge is 0.426 e. The van der Waals surface area contributed by atoms with Gasteiger partial charge in [0.1, 0.15) is 10.6 Å². The summed E-state index contributed by atoms with van der Waals surface area (Å²) in [5.74, 6) is -0.605. The van der Waals surface area contributed by atoms with Crippen LogP contribution in [-0.4, -0.2) is 18.9 Å². The molecule has 3 aliphatic rings. The van der Waals surface area contributed by atoms with Crippen molar-refractivity contribution in [1.29, 1.82) is 0 Å². The highest BCUT2D eigenvalue weighted by Gasteiger charge is 2.47. The summed E-state index contributed by atoms with van der Waals surface area (Å²) in [6.45, 7) is 0. The molecule has 200 valence electrons. The number of rotatable bonds is 3. The zero-order valence-corrected chi connectivity index (χ0v) is 22.6. The molecule has 6 aromatic rings. The summed E-state index contributed by atoms with van der Waals surface area (Å²) in [4.78, 5) is 13.8. The Kier molecular flexibility index (Phi) is 5.18. The van der Waals surface area contributed by atoms with E-state index in [1.165, 1.54) is 34.0 Å². The Hall–Kier alpha value is -4.52. The molecule has 9 rings (SSSR count). The molecular formula is C35H24O5S. The van der Waals surface area contributed by atoms with E-state index in [1.54, 1.807) is 24.3 Å². The van der Waals surface area contributed by atoms with Crippen LogP contribution in [0.15, 0.2) is 114 Å². The van der Waals surface area contributed by atoms with Crippen molar-refractivity contribution in [2.45, 2.75) is 23.2 Å². The smallest absolute Gasteiger partial charge is 0.315 e. The third kappa shape index (κ3) is 3.71. The second kappa shape index (κ2) is 8.74. The van der Waals surface area contributed by atoms with E-state index >= 15 is 0 Å². The van der Waals surface area contributed by atoms with Crippen LogP contribution in [0.1, 0.15) is 40.5 Å². The van der Waals surface area contributed by atoms with E-state index in [0.717, 1.165) is 21.9 Å². The Morgan fingerprint density at radius 3 is 1.68 bits per heavy atom. The quantitative estimate of drug-likeness (QED) is 0.138. The van der Waals surface area contributed by atoms with Gasteiger partial charge in [0.25, 0.3) is 10.1 Å². The van der Waals surface area contributed by atoms with Crippen molar-refractivity contribution in [1.82, 2.24) is 0 Å². The lowest BCUT2D eigenvalue weighted by molar-refractivity contribution is -0.140. The summed E-state index contributed by atoms with van der Waals surface area (Å²) in [6, 6.07) is 35.1. The molecule has 0 saturated heterocycles. The summed E-state index contributed by atoms with van der Waals surface area (Å²) in [5, 5.41) is 5.41. The molecule has 0 aromatic heterocycles. The lowest BCUT2D eigenvalue weighted by Gasteiger charge is -2.44. The topological polar surface area (TPSA) is 80.7 Å². The predicted octanol–water partition coefficient (Wildman–Crippen LogP) is 7.60. The van der Waals surface area contributed by atoms with Gasteiger partial charge in [0.05, 0.1) is 5.92 Å². The number of ether oxygens (including phenoxy) is 1. The van der Waals surface area contributed by atoms with Crippen LogP contribution in [0.5, 0.6) is 5.75 Å². The van der Waals surface area contributed by atoms with Gasteiger partial charge in [0.2, 0.25) is 0 Å². The van der Waals surface area contributed by atoms with Gasteiger partial charge in [-0.1, -0.05) is 97.1 Å². The molecule has 1 N–H and O–H groups in total. The maximum Gasteiger partial charge on any atom is 0.315 e. The number of benzene rings is 6. The van der Waals surface area contributed by atoms with Crippen LogP contribution >= 0.6 is 0 Å². The number of hydrogen-bond donors (Lipinski definition) is 1. The summed E-state index contributed by atoms with van der Waals surface area (Å²) in [7, 11) is -4.45. The highest BCUT2D eigenvalue weighted by Crippen LogP contribution is 2.57. The average molecular weight is 557 g/mol. The van der Waals surface area contributed by atoms with Gasteiger partial charge in [-0.25, -0.2) is 0 Å². The first-order valence-corrected chi connectivity index (χ1v) is 15.1. The van der Waals surface area contributed by atoms with Gasteiger partial charge < -0.3 is 4.74 Å². The molecule has 0 fully saturated rings. The fraction of sp³-hybridized carbons (Fsp3) is 0.114. The molecular weight excluding hydrogens is 532 g/mol. The van der Waals surface area contributed by atoms with Crippen LogP contribution < -0.4 is 4.74 Å². The standard InChI is InChI=1S/C35H24O5S/c36-35(40-32-13-14-33(41(37,38)39)25-12-6-5-11-24(25)32)31-19-28-26-15-20-7-1-3-9-22(20)17-29(26)34(31)30-18-23-10-4-2-8-21(23)16-27(28)30/h1-18,28,31,34H,19H2,(H,37,38,39). The fourth-order valence-electron chi connectivity index (χ4n) is 7.08. The van der Waals surface area contributed by atoms with Crippen molar-refractivity contribution in [3.63, 3.8) is 0 Å². The summed E-state index contributed by atoms with van der Waals surface area (Å²) >= 11 is 0. The highest BCUT2D eigenvalue weighted by molar-refractivity contribution is 7.86. The average Bonchev–Trinajstić information content (AvgIpc) is 2.98. The van der Waals surface area contributed by atoms with Crippen molar-refractivity contribution >= 4 is 48.4 Å². The van der Waals surface area contributed by atoms with Gasteiger partial charge in [-0.2, -0.15) is 8.42 Å². The van der Waals surface area contributed by atoms with Gasteiger partial charge in [-0.15, -0.1) is 0 Å². The lowest BCUT2D eigenvalue weighted by Crippen LogP contribution is -2.38.